The summed E-state index contributed by atoms with van der Waals surface area (Å²) in [5, 5.41) is 7.03. The topological polar surface area (TPSA) is 66.0 Å². The van der Waals surface area contributed by atoms with Crippen molar-refractivity contribution in [3.63, 3.8) is 0 Å². The minimum absolute atomic E-state index is 0.554. The fourth-order valence-corrected chi connectivity index (χ4v) is 4.32. The highest BCUT2D eigenvalue weighted by atomic mass is 15.3. The largest absolute Gasteiger partial charge is 0.349 e. The van der Waals surface area contributed by atoms with Crippen molar-refractivity contribution in [3.8, 4) is 11.4 Å². The highest BCUT2D eigenvalue weighted by Gasteiger charge is 2.38. The molecule has 0 amide bonds. The number of pyridine rings is 1. The van der Waals surface area contributed by atoms with Crippen LogP contribution in [0.3, 0.4) is 0 Å². The van der Waals surface area contributed by atoms with Gasteiger partial charge in [0.25, 0.3) is 0 Å². The number of anilines is 1. The lowest BCUT2D eigenvalue weighted by Crippen LogP contribution is -2.39. The van der Waals surface area contributed by atoms with E-state index in [0.717, 1.165) is 49.1 Å². The number of aromatic nitrogens is 3. The summed E-state index contributed by atoms with van der Waals surface area (Å²) in [6, 6.07) is 5.15. The number of hydrogen-bond acceptors (Lipinski definition) is 6. The average Bonchev–Trinajstić information content (AvgIpc) is 3.18. The van der Waals surface area contributed by atoms with Crippen molar-refractivity contribution >= 4 is 5.82 Å². The Hall–Kier alpha value is -2.05. The zero-order valence-corrected chi connectivity index (χ0v) is 13.7. The summed E-state index contributed by atoms with van der Waals surface area (Å²) in [4.78, 5) is 16.7. The van der Waals surface area contributed by atoms with Crippen LogP contribution in [-0.2, 0) is 13.1 Å². The third-order valence-electron chi connectivity index (χ3n) is 5.48. The Morgan fingerprint density at radius 1 is 1.04 bits per heavy atom. The first-order chi connectivity index (χ1) is 11.9. The van der Waals surface area contributed by atoms with Crippen LogP contribution >= 0.6 is 0 Å². The fraction of sp³-hybridized carbons (Fsp3) is 0.500. The molecule has 2 atom stereocenters. The minimum atomic E-state index is 0.554. The van der Waals surface area contributed by atoms with Crippen LogP contribution in [0.5, 0.6) is 0 Å². The number of hydrogen-bond donors (Lipinski definition) is 2. The van der Waals surface area contributed by atoms with Crippen LogP contribution in [0.4, 0.5) is 5.82 Å². The van der Waals surface area contributed by atoms with Crippen molar-refractivity contribution in [3.05, 3.63) is 35.8 Å². The molecule has 0 unspecified atom stereocenters. The summed E-state index contributed by atoms with van der Waals surface area (Å²) < 4.78 is 0. The minimum Gasteiger partial charge on any atom is -0.349 e. The van der Waals surface area contributed by atoms with Gasteiger partial charge in [-0.3, -0.25) is 4.98 Å². The monoisotopic (exact) mass is 322 g/mol. The summed E-state index contributed by atoms with van der Waals surface area (Å²) in [5.74, 6) is 1.96. The first-order valence-electron chi connectivity index (χ1n) is 8.90. The van der Waals surface area contributed by atoms with Crippen LogP contribution in [0.25, 0.3) is 11.4 Å². The van der Waals surface area contributed by atoms with Gasteiger partial charge in [0.2, 0.25) is 0 Å². The lowest BCUT2D eigenvalue weighted by molar-refractivity contribution is 0.567. The highest BCUT2D eigenvalue weighted by Crippen LogP contribution is 2.37. The van der Waals surface area contributed by atoms with Gasteiger partial charge in [0, 0.05) is 55.2 Å². The molecule has 2 N–H and O–H groups in total. The number of nitrogens with one attached hydrogen (secondary N) is 2. The number of fused-ring (bicyclic) bond motifs is 3. The molecule has 2 aromatic heterocycles. The van der Waals surface area contributed by atoms with Gasteiger partial charge in [-0.2, -0.15) is 0 Å². The average molecular weight is 322 g/mol. The van der Waals surface area contributed by atoms with Crippen LogP contribution < -0.4 is 15.5 Å². The van der Waals surface area contributed by atoms with E-state index in [0.29, 0.717) is 12.1 Å². The molecular weight excluding hydrogens is 300 g/mol. The number of rotatable bonds is 2. The molecule has 5 heterocycles. The van der Waals surface area contributed by atoms with Crippen molar-refractivity contribution in [1.82, 2.24) is 25.6 Å². The summed E-state index contributed by atoms with van der Waals surface area (Å²) in [6.45, 7) is 3.88. The summed E-state index contributed by atoms with van der Waals surface area (Å²) in [6.07, 6.45) is 7.38. The zero-order valence-electron chi connectivity index (χ0n) is 13.7. The molecule has 24 heavy (non-hydrogen) atoms. The quantitative estimate of drug-likeness (QED) is 0.873. The lowest BCUT2D eigenvalue weighted by atomic mass is 10.1. The smallest absolute Gasteiger partial charge is 0.163 e. The van der Waals surface area contributed by atoms with E-state index in [9.17, 15) is 0 Å². The molecule has 0 aliphatic carbocycles. The third kappa shape index (κ3) is 2.29. The molecular formula is C18H22N6. The third-order valence-corrected chi connectivity index (χ3v) is 5.48. The normalized spacial score (nSPS) is 25.6. The maximum Gasteiger partial charge on any atom is 0.163 e. The maximum absolute atomic E-state index is 5.03. The molecule has 2 fully saturated rings. The van der Waals surface area contributed by atoms with E-state index in [4.69, 9.17) is 9.97 Å². The fourth-order valence-electron chi connectivity index (χ4n) is 4.32. The van der Waals surface area contributed by atoms with E-state index in [1.807, 2.05) is 18.3 Å². The Balaban J connectivity index is 1.64. The second kappa shape index (κ2) is 5.79. The van der Waals surface area contributed by atoms with Gasteiger partial charge in [0.1, 0.15) is 5.82 Å². The van der Waals surface area contributed by atoms with Crippen LogP contribution in [-0.4, -0.2) is 40.1 Å². The SMILES string of the molecule is c1cncc(-c2nc3c(c(N4[C@@H]5CCNC[C@H]4CC5)n2)CNC3)c1. The Morgan fingerprint density at radius 2 is 2.00 bits per heavy atom. The molecule has 2 saturated heterocycles. The van der Waals surface area contributed by atoms with Crippen molar-refractivity contribution < 1.29 is 0 Å². The first kappa shape index (κ1) is 14.3. The Labute approximate surface area is 141 Å². The first-order valence-corrected chi connectivity index (χ1v) is 8.90. The standard InChI is InChI=1S/C18H22N6/c1-2-12(8-19-6-1)17-22-16-11-21-10-15(16)18(23-17)24-13-3-4-14(24)9-20-7-5-13/h1-2,6,8,13-14,20-21H,3-5,7,9-11H2/t13-,14+/m0/s1. The summed E-state index contributed by atoms with van der Waals surface area (Å²) in [7, 11) is 0. The van der Waals surface area contributed by atoms with E-state index >= 15 is 0 Å². The molecule has 3 aliphatic rings. The van der Waals surface area contributed by atoms with Crippen LogP contribution in [0.2, 0.25) is 0 Å². The Kier molecular flexibility index (Phi) is 3.45. The van der Waals surface area contributed by atoms with E-state index in [1.165, 1.54) is 24.8 Å². The van der Waals surface area contributed by atoms with E-state index < -0.39 is 0 Å². The van der Waals surface area contributed by atoms with Gasteiger partial charge < -0.3 is 15.5 Å². The second-order valence-electron chi connectivity index (χ2n) is 6.93. The van der Waals surface area contributed by atoms with Gasteiger partial charge in [0.05, 0.1) is 5.69 Å². The zero-order chi connectivity index (χ0) is 15.9. The van der Waals surface area contributed by atoms with E-state index in [2.05, 4.69) is 20.5 Å². The summed E-state index contributed by atoms with van der Waals surface area (Å²) >= 11 is 0. The van der Waals surface area contributed by atoms with Crippen molar-refractivity contribution in [2.75, 3.05) is 18.0 Å². The molecule has 3 aliphatic heterocycles. The van der Waals surface area contributed by atoms with Crippen molar-refractivity contribution in [1.29, 1.82) is 0 Å². The van der Waals surface area contributed by atoms with Crippen LogP contribution in [0.1, 0.15) is 30.5 Å². The van der Waals surface area contributed by atoms with Crippen LogP contribution in [0, 0.1) is 0 Å². The van der Waals surface area contributed by atoms with Gasteiger partial charge in [-0.05, 0) is 37.9 Å². The van der Waals surface area contributed by atoms with Gasteiger partial charge in [0.15, 0.2) is 5.82 Å². The highest BCUT2D eigenvalue weighted by molar-refractivity contribution is 5.61. The van der Waals surface area contributed by atoms with Crippen molar-refractivity contribution in [2.45, 2.75) is 44.4 Å². The predicted molar refractivity (Wildman–Crippen MR) is 92.6 cm³/mol. The second-order valence-corrected chi connectivity index (χ2v) is 6.93. The van der Waals surface area contributed by atoms with Gasteiger partial charge >= 0.3 is 0 Å². The molecule has 5 rings (SSSR count). The maximum atomic E-state index is 5.03. The Bertz CT molecular complexity index is 733. The molecule has 6 nitrogen and oxygen atoms in total. The molecule has 0 saturated carbocycles. The van der Waals surface area contributed by atoms with Crippen molar-refractivity contribution in [2.24, 2.45) is 0 Å². The molecule has 6 heteroatoms. The number of nitrogens with zero attached hydrogens (tertiary/aromatic N) is 4. The van der Waals surface area contributed by atoms with E-state index in [-0.39, 0.29) is 0 Å². The van der Waals surface area contributed by atoms with Crippen LogP contribution in [0.15, 0.2) is 24.5 Å². The molecule has 0 spiro atoms. The molecule has 124 valence electrons. The van der Waals surface area contributed by atoms with E-state index in [1.54, 1.807) is 6.20 Å². The molecule has 0 aromatic carbocycles. The summed E-state index contributed by atoms with van der Waals surface area (Å²) in [5.41, 5.74) is 3.44. The lowest BCUT2D eigenvalue weighted by Gasteiger charge is -2.31. The van der Waals surface area contributed by atoms with Gasteiger partial charge in [-0.25, -0.2) is 9.97 Å². The Morgan fingerprint density at radius 3 is 2.92 bits per heavy atom. The van der Waals surface area contributed by atoms with Gasteiger partial charge in [-0.15, -0.1) is 0 Å². The molecule has 2 bridgehead atoms. The molecule has 0 radical (unpaired) electrons. The molecule has 2 aromatic rings. The van der Waals surface area contributed by atoms with Gasteiger partial charge in [-0.1, -0.05) is 0 Å². The predicted octanol–water partition coefficient (Wildman–Crippen LogP) is 1.47.